The van der Waals surface area contributed by atoms with Crippen molar-refractivity contribution in [2.45, 2.75) is 6.54 Å². The fraction of sp³-hybridized carbons (Fsp3) is 0.273. The first-order valence-electron chi connectivity index (χ1n) is 4.95. The van der Waals surface area contributed by atoms with Crippen LogP contribution in [0.3, 0.4) is 0 Å². The van der Waals surface area contributed by atoms with Crippen LogP contribution in [-0.4, -0.2) is 25.7 Å². The largest absolute Gasteiger partial charge is 0.468 e. The minimum Gasteiger partial charge on any atom is -0.468 e. The van der Waals surface area contributed by atoms with Crippen molar-refractivity contribution >= 4 is 23.6 Å². The Balaban J connectivity index is 2.28. The average molecular weight is 257 g/mol. The molecular formula is C11H13ClN2O3. The summed E-state index contributed by atoms with van der Waals surface area (Å²) in [6.45, 7) is 0.215. The van der Waals surface area contributed by atoms with Gasteiger partial charge in [0.2, 0.25) is 0 Å². The quantitative estimate of drug-likeness (QED) is 0.799. The molecule has 1 rings (SSSR count). The highest BCUT2D eigenvalue weighted by molar-refractivity contribution is 6.30. The Bertz CT molecular complexity index is 392. The highest BCUT2D eigenvalue weighted by atomic mass is 35.5. The number of rotatable bonds is 4. The molecule has 0 aliphatic heterocycles. The molecule has 0 unspecified atom stereocenters. The van der Waals surface area contributed by atoms with E-state index in [1.807, 2.05) is 12.1 Å². The molecule has 0 aromatic heterocycles. The third-order valence-electron chi connectivity index (χ3n) is 1.99. The van der Waals surface area contributed by atoms with E-state index < -0.39 is 12.0 Å². The smallest absolute Gasteiger partial charge is 0.325 e. The van der Waals surface area contributed by atoms with E-state index in [2.05, 4.69) is 15.4 Å². The molecule has 0 saturated carbocycles. The van der Waals surface area contributed by atoms with Crippen LogP contribution in [0, 0.1) is 0 Å². The number of amides is 2. The van der Waals surface area contributed by atoms with E-state index in [-0.39, 0.29) is 6.54 Å². The molecular weight excluding hydrogens is 244 g/mol. The number of halogens is 1. The minimum absolute atomic E-state index is 0.150. The van der Waals surface area contributed by atoms with Crippen molar-refractivity contribution in [3.05, 3.63) is 34.9 Å². The van der Waals surface area contributed by atoms with Gasteiger partial charge in [0.25, 0.3) is 0 Å². The summed E-state index contributed by atoms with van der Waals surface area (Å²) in [7, 11) is 1.26. The third kappa shape index (κ3) is 5.21. The van der Waals surface area contributed by atoms with Crippen LogP contribution in [0.4, 0.5) is 4.79 Å². The highest BCUT2D eigenvalue weighted by Crippen LogP contribution is 2.08. The zero-order valence-corrected chi connectivity index (χ0v) is 10.1. The van der Waals surface area contributed by atoms with Gasteiger partial charge in [-0.2, -0.15) is 0 Å². The first-order valence-corrected chi connectivity index (χ1v) is 5.32. The summed E-state index contributed by atoms with van der Waals surface area (Å²) in [6, 6.07) is 6.67. The van der Waals surface area contributed by atoms with Crippen LogP contribution in [0.25, 0.3) is 0 Å². The van der Waals surface area contributed by atoms with Crippen molar-refractivity contribution in [3.8, 4) is 0 Å². The minimum atomic E-state index is -0.494. The number of benzene rings is 1. The second-order valence-electron chi connectivity index (χ2n) is 3.24. The van der Waals surface area contributed by atoms with Crippen molar-refractivity contribution in [1.29, 1.82) is 0 Å². The molecule has 6 heteroatoms. The number of methoxy groups -OCH3 is 1. The monoisotopic (exact) mass is 256 g/mol. The number of hydrogen-bond donors (Lipinski definition) is 2. The van der Waals surface area contributed by atoms with E-state index in [4.69, 9.17) is 11.6 Å². The zero-order chi connectivity index (χ0) is 12.7. The lowest BCUT2D eigenvalue weighted by Crippen LogP contribution is -2.38. The zero-order valence-electron chi connectivity index (χ0n) is 9.33. The Hall–Kier alpha value is -1.75. The van der Waals surface area contributed by atoms with E-state index in [0.29, 0.717) is 11.6 Å². The van der Waals surface area contributed by atoms with Crippen LogP contribution in [0.15, 0.2) is 24.3 Å². The van der Waals surface area contributed by atoms with Crippen molar-refractivity contribution in [3.63, 3.8) is 0 Å². The third-order valence-corrected chi connectivity index (χ3v) is 2.24. The number of carbonyl (C=O) groups is 2. The van der Waals surface area contributed by atoms with E-state index in [9.17, 15) is 9.59 Å². The topological polar surface area (TPSA) is 67.4 Å². The predicted molar refractivity (Wildman–Crippen MR) is 63.7 cm³/mol. The molecule has 2 N–H and O–H groups in total. The van der Waals surface area contributed by atoms with E-state index in [1.54, 1.807) is 12.1 Å². The number of carbonyl (C=O) groups excluding carboxylic acids is 2. The molecule has 0 aliphatic carbocycles. The second-order valence-corrected chi connectivity index (χ2v) is 3.68. The van der Waals surface area contributed by atoms with E-state index in [0.717, 1.165) is 5.56 Å². The standard InChI is InChI=1S/C11H13ClN2O3/c1-17-10(15)7-14-11(16)13-6-8-2-4-9(12)5-3-8/h2-5H,6-7H2,1H3,(H2,13,14,16). The Kier molecular flexibility index (Phi) is 5.29. The average Bonchev–Trinajstić information content (AvgIpc) is 2.35. The summed E-state index contributed by atoms with van der Waals surface area (Å²) in [5.41, 5.74) is 0.919. The van der Waals surface area contributed by atoms with Gasteiger partial charge in [0, 0.05) is 11.6 Å². The molecule has 0 aliphatic rings. The Labute approximate surface area is 104 Å². The lowest BCUT2D eigenvalue weighted by Gasteiger charge is -2.06. The SMILES string of the molecule is COC(=O)CNC(=O)NCc1ccc(Cl)cc1. The van der Waals surface area contributed by atoms with E-state index >= 15 is 0 Å². The van der Waals surface area contributed by atoms with Crippen LogP contribution in [-0.2, 0) is 16.1 Å². The number of esters is 1. The van der Waals surface area contributed by atoms with Gasteiger partial charge in [0.15, 0.2) is 0 Å². The molecule has 0 atom stereocenters. The van der Waals surface area contributed by atoms with Crippen LogP contribution < -0.4 is 10.6 Å². The molecule has 5 nitrogen and oxygen atoms in total. The summed E-state index contributed by atoms with van der Waals surface area (Å²) < 4.78 is 4.38. The van der Waals surface area contributed by atoms with Gasteiger partial charge in [-0.3, -0.25) is 4.79 Å². The van der Waals surface area contributed by atoms with Gasteiger partial charge in [0.05, 0.1) is 7.11 Å². The molecule has 1 aromatic rings. The fourth-order valence-corrected chi connectivity index (χ4v) is 1.20. The number of urea groups is 1. The maximum Gasteiger partial charge on any atom is 0.325 e. The maximum atomic E-state index is 11.2. The van der Waals surface area contributed by atoms with Crippen molar-refractivity contribution < 1.29 is 14.3 Å². The molecule has 1 aromatic carbocycles. The van der Waals surface area contributed by atoms with Crippen molar-refractivity contribution in [2.24, 2.45) is 0 Å². The van der Waals surface area contributed by atoms with Crippen LogP contribution >= 0.6 is 11.6 Å². The van der Waals surface area contributed by atoms with Gasteiger partial charge in [-0.1, -0.05) is 23.7 Å². The Morgan fingerprint density at radius 1 is 1.24 bits per heavy atom. The summed E-state index contributed by atoms with van der Waals surface area (Å²) in [4.78, 5) is 22.0. The molecule has 17 heavy (non-hydrogen) atoms. The van der Waals surface area contributed by atoms with Crippen LogP contribution in [0.2, 0.25) is 5.02 Å². The first-order chi connectivity index (χ1) is 8.11. The van der Waals surface area contributed by atoms with Gasteiger partial charge in [-0.15, -0.1) is 0 Å². The summed E-state index contributed by atoms with van der Waals surface area (Å²) in [5.74, 6) is -0.494. The van der Waals surface area contributed by atoms with Gasteiger partial charge in [-0.05, 0) is 17.7 Å². The number of hydrogen-bond acceptors (Lipinski definition) is 3. The molecule has 0 bridgehead atoms. The molecule has 0 radical (unpaired) electrons. The highest BCUT2D eigenvalue weighted by Gasteiger charge is 2.04. The molecule has 2 amide bonds. The molecule has 92 valence electrons. The Morgan fingerprint density at radius 2 is 1.88 bits per heavy atom. The molecule has 0 spiro atoms. The van der Waals surface area contributed by atoms with Crippen LogP contribution in [0.5, 0.6) is 0 Å². The van der Waals surface area contributed by atoms with Crippen molar-refractivity contribution in [2.75, 3.05) is 13.7 Å². The second kappa shape index (κ2) is 6.75. The summed E-state index contributed by atoms with van der Waals surface area (Å²) in [6.07, 6.45) is 0. The number of nitrogens with one attached hydrogen (secondary N) is 2. The maximum absolute atomic E-state index is 11.2. The Morgan fingerprint density at radius 3 is 2.47 bits per heavy atom. The van der Waals surface area contributed by atoms with Crippen molar-refractivity contribution in [1.82, 2.24) is 10.6 Å². The van der Waals surface area contributed by atoms with Gasteiger partial charge in [-0.25, -0.2) is 4.79 Å². The summed E-state index contributed by atoms with van der Waals surface area (Å²) in [5, 5.41) is 5.60. The number of ether oxygens (including phenoxy) is 1. The van der Waals surface area contributed by atoms with Gasteiger partial charge >= 0.3 is 12.0 Å². The lowest BCUT2D eigenvalue weighted by atomic mass is 10.2. The summed E-state index contributed by atoms with van der Waals surface area (Å²) >= 11 is 5.72. The molecule has 0 fully saturated rings. The fourth-order valence-electron chi connectivity index (χ4n) is 1.07. The van der Waals surface area contributed by atoms with Gasteiger partial charge in [0.1, 0.15) is 6.54 Å². The normalized spacial score (nSPS) is 9.53. The van der Waals surface area contributed by atoms with E-state index in [1.165, 1.54) is 7.11 Å². The van der Waals surface area contributed by atoms with Crippen LogP contribution in [0.1, 0.15) is 5.56 Å². The lowest BCUT2D eigenvalue weighted by molar-refractivity contribution is -0.139. The first kappa shape index (κ1) is 13.3. The molecule has 0 saturated heterocycles. The molecule has 0 heterocycles. The predicted octanol–water partition coefficient (Wildman–Crippen LogP) is 1.31. The van der Waals surface area contributed by atoms with Gasteiger partial charge < -0.3 is 15.4 Å².